The highest BCUT2D eigenvalue weighted by atomic mass is 32.1. The van der Waals surface area contributed by atoms with Crippen LogP contribution < -0.4 is 20.4 Å². The molecule has 2 aliphatic heterocycles. The van der Waals surface area contributed by atoms with E-state index in [0.717, 1.165) is 44.4 Å². The van der Waals surface area contributed by atoms with Gasteiger partial charge in [-0.1, -0.05) is 27.7 Å². The van der Waals surface area contributed by atoms with E-state index in [2.05, 4.69) is 54.2 Å². The molecule has 2 unspecified atom stereocenters. The molecule has 28 heavy (non-hydrogen) atoms. The molecular formula is C21H36N6S. The molecule has 7 heteroatoms. The number of nitrogens with zero attached hydrogens (tertiary/aromatic N) is 4. The fraction of sp³-hybridized carbons (Fsp3) is 0.762. The summed E-state index contributed by atoms with van der Waals surface area (Å²) >= 11 is 5.46. The summed E-state index contributed by atoms with van der Waals surface area (Å²) in [7, 11) is 0. The molecule has 2 fully saturated rings. The van der Waals surface area contributed by atoms with Crippen molar-refractivity contribution in [3.8, 4) is 0 Å². The van der Waals surface area contributed by atoms with E-state index < -0.39 is 0 Å². The summed E-state index contributed by atoms with van der Waals surface area (Å²) in [6, 6.07) is 2.17. The van der Waals surface area contributed by atoms with E-state index in [1.807, 2.05) is 0 Å². The second kappa shape index (κ2) is 9.72. The molecule has 0 aliphatic carbocycles. The monoisotopic (exact) mass is 404 g/mol. The average molecular weight is 405 g/mol. The zero-order chi connectivity index (χ0) is 20.1. The average Bonchev–Trinajstić information content (AvgIpc) is 2.66. The highest BCUT2D eigenvalue weighted by Crippen LogP contribution is 2.29. The Labute approximate surface area is 175 Å². The lowest BCUT2D eigenvalue weighted by Crippen LogP contribution is -2.40. The number of thiocarbonyl (C=S) groups is 1. The number of hydrogen-bond acceptors (Lipinski definition) is 5. The van der Waals surface area contributed by atoms with Crippen LogP contribution >= 0.6 is 12.2 Å². The molecule has 0 aromatic carbocycles. The van der Waals surface area contributed by atoms with Crippen LogP contribution in [0.5, 0.6) is 0 Å². The van der Waals surface area contributed by atoms with Crippen molar-refractivity contribution in [2.75, 3.05) is 47.8 Å². The fourth-order valence-corrected chi connectivity index (χ4v) is 4.39. The van der Waals surface area contributed by atoms with Crippen molar-refractivity contribution in [1.29, 1.82) is 0 Å². The van der Waals surface area contributed by atoms with Gasteiger partial charge in [0.1, 0.15) is 11.6 Å². The van der Waals surface area contributed by atoms with Crippen LogP contribution in [0.3, 0.4) is 0 Å². The van der Waals surface area contributed by atoms with Gasteiger partial charge >= 0.3 is 0 Å². The van der Waals surface area contributed by atoms with Gasteiger partial charge in [-0.15, -0.1) is 0 Å². The van der Waals surface area contributed by atoms with Crippen molar-refractivity contribution in [1.82, 2.24) is 15.3 Å². The van der Waals surface area contributed by atoms with Crippen molar-refractivity contribution >= 4 is 34.9 Å². The van der Waals surface area contributed by atoms with E-state index in [1.165, 1.54) is 25.7 Å². The number of aromatic nitrogens is 2. The van der Waals surface area contributed by atoms with E-state index in [-0.39, 0.29) is 0 Å². The summed E-state index contributed by atoms with van der Waals surface area (Å²) in [5.74, 6) is 4.54. The Morgan fingerprint density at radius 2 is 1.68 bits per heavy atom. The van der Waals surface area contributed by atoms with Gasteiger partial charge in [0.05, 0.1) is 0 Å². The largest absolute Gasteiger partial charge is 0.362 e. The van der Waals surface area contributed by atoms with Crippen LogP contribution in [0.25, 0.3) is 0 Å². The lowest BCUT2D eigenvalue weighted by molar-refractivity contribution is 0.355. The standard InChI is InChI=1S/C21H36N6S/c1-15(2)12-22-21(28)25-20-23-18(26-8-6-5-7-9-26)11-19(24-20)27-13-16(3)10-17(4)14-27/h11,15-17H,5-10,12-14H2,1-4H3,(H2,22,23,24,25,28). The number of anilines is 3. The smallest absolute Gasteiger partial charge is 0.232 e. The molecule has 156 valence electrons. The summed E-state index contributed by atoms with van der Waals surface area (Å²) in [4.78, 5) is 14.5. The summed E-state index contributed by atoms with van der Waals surface area (Å²) < 4.78 is 0. The SMILES string of the molecule is CC(C)CNC(=S)Nc1nc(N2CCCCC2)cc(N2CC(C)CC(C)C2)n1. The van der Waals surface area contributed by atoms with E-state index in [9.17, 15) is 0 Å². The van der Waals surface area contributed by atoms with Gasteiger partial charge in [-0.25, -0.2) is 0 Å². The molecular weight excluding hydrogens is 368 g/mol. The van der Waals surface area contributed by atoms with Gasteiger partial charge in [-0.3, -0.25) is 0 Å². The highest BCUT2D eigenvalue weighted by molar-refractivity contribution is 7.80. The molecule has 2 aliphatic rings. The molecule has 1 aromatic rings. The first kappa shape index (κ1) is 21.1. The highest BCUT2D eigenvalue weighted by Gasteiger charge is 2.25. The van der Waals surface area contributed by atoms with Crippen LogP contribution in [-0.2, 0) is 0 Å². The Kier molecular flexibility index (Phi) is 7.32. The number of nitrogens with one attached hydrogen (secondary N) is 2. The van der Waals surface area contributed by atoms with E-state index in [0.29, 0.717) is 28.8 Å². The quantitative estimate of drug-likeness (QED) is 0.722. The number of rotatable bonds is 5. The van der Waals surface area contributed by atoms with Crippen LogP contribution in [0, 0.1) is 17.8 Å². The molecule has 6 nitrogen and oxygen atoms in total. The number of hydrogen-bond donors (Lipinski definition) is 2. The van der Waals surface area contributed by atoms with Crippen LogP contribution in [0.2, 0.25) is 0 Å². The van der Waals surface area contributed by atoms with Crippen molar-refractivity contribution in [3.05, 3.63) is 6.07 Å². The first-order valence-electron chi connectivity index (χ1n) is 10.8. The maximum absolute atomic E-state index is 5.46. The van der Waals surface area contributed by atoms with Gasteiger partial charge in [0.2, 0.25) is 5.95 Å². The number of piperidine rings is 2. The molecule has 0 bridgehead atoms. The zero-order valence-corrected chi connectivity index (χ0v) is 18.7. The Morgan fingerprint density at radius 1 is 1.07 bits per heavy atom. The molecule has 1 aromatic heterocycles. The van der Waals surface area contributed by atoms with E-state index >= 15 is 0 Å². The van der Waals surface area contributed by atoms with Gasteiger partial charge < -0.3 is 20.4 Å². The summed E-state index contributed by atoms with van der Waals surface area (Å²) in [5.41, 5.74) is 0. The Bertz CT molecular complexity index is 648. The second-order valence-electron chi connectivity index (χ2n) is 9.04. The van der Waals surface area contributed by atoms with E-state index in [1.54, 1.807) is 0 Å². The third kappa shape index (κ3) is 5.93. The van der Waals surface area contributed by atoms with Crippen LogP contribution in [-0.4, -0.2) is 47.8 Å². The molecule has 3 rings (SSSR count). The molecule has 0 radical (unpaired) electrons. The van der Waals surface area contributed by atoms with Crippen LogP contribution in [0.15, 0.2) is 6.07 Å². The topological polar surface area (TPSA) is 56.3 Å². The molecule has 3 heterocycles. The van der Waals surface area contributed by atoms with Crippen molar-refractivity contribution in [2.45, 2.75) is 53.4 Å². The molecule has 0 saturated carbocycles. The molecule has 0 spiro atoms. The van der Waals surface area contributed by atoms with Crippen LogP contribution in [0.1, 0.15) is 53.4 Å². The minimum absolute atomic E-state index is 0.534. The molecule has 2 saturated heterocycles. The second-order valence-corrected chi connectivity index (χ2v) is 9.44. The summed E-state index contributed by atoms with van der Waals surface area (Å²) in [6.07, 6.45) is 5.06. The van der Waals surface area contributed by atoms with Crippen molar-refractivity contribution in [3.63, 3.8) is 0 Å². The lowest BCUT2D eigenvalue weighted by Gasteiger charge is -2.36. The Hall–Kier alpha value is -1.63. The first-order valence-corrected chi connectivity index (χ1v) is 11.3. The third-order valence-electron chi connectivity index (χ3n) is 5.47. The van der Waals surface area contributed by atoms with Gasteiger partial charge in [0.25, 0.3) is 0 Å². The predicted molar refractivity (Wildman–Crippen MR) is 122 cm³/mol. The first-order chi connectivity index (χ1) is 13.4. The van der Waals surface area contributed by atoms with E-state index in [4.69, 9.17) is 22.2 Å². The Balaban J connectivity index is 1.82. The molecule has 2 N–H and O–H groups in total. The summed E-state index contributed by atoms with van der Waals surface area (Å²) in [5, 5.41) is 7.07. The summed E-state index contributed by atoms with van der Waals surface area (Å²) in [6.45, 7) is 14.1. The van der Waals surface area contributed by atoms with Crippen LogP contribution in [0.4, 0.5) is 17.6 Å². The van der Waals surface area contributed by atoms with Crippen molar-refractivity contribution in [2.24, 2.45) is 17.8 Å². The van der Waals surface area contributed by atoms with Gasteiger partial charge in [-0.05, 0) is 55.7 Å². The van der Waals surface area contributed by atoms with Gasteiger partial charge in [-0.2, -0.15) is 9.97 Å². The minimum atomic E-state index is 0.534. The normalized spacial score (nSPS) is 23.0. The fourth-order valence-electron chi connectivity index (χ4n) is 4.22. The van der Waals surface area contributed by atoms with Crippen molar-refractivity contribution < 1.29 is 0 Å². The predicted octanol–water partition coefficient (Wildman–Crippen LogP) is 3.89. The molecule has 0 amide bonds. The van der Waals surface area contributed by atoms with Gasteiger partial charge in [0, 0.05) is 38.8 Å². The third-order valence-corrected chi connectivity index (χ3v) is 5.71. The van der Waals surface area contributed by atoms with Gasteiger partial charge in [0.15, 0.2) is 5.11 Å². The maximum Gasteiger partial charge on any atom is 0.232 e. The lowest BCUT2D eigenvalue weighted by atomic mass is 9.92. The maximum atomic E-state index is 5.46. The Morgan fingerprint density at radius 3 is 2.29 bits per heavy atom. The minimum Gasteiger partial charge on any atom is -0.362 e. The zero-order valence-electron chi connectivity index (χ0n) is 17.9. The molecule has 2 atom stereocenters.